The van der Waals surface area contributed by atoms with Crippen LogP contribution >= 0.6 is 0 Å². The van der Waals surface area contributed by atoms with Gasteiger partial charge in [-0.25, -0.2) is 0 Å². The van der Waals surface area contributed by atoms with E-state index in [4.69, 9.17) is 4.74 Å². The number of aliphatic hydroxyl groups is 1. The molecular formula is C17H23NO2. The van der Waals surface area contributed by atoms with Crippen LogP contribution in [0, 0.1) is 0 Å². The van der Waals surface area contributed by atoms with Crippen LogP contribution in [0.4, 0.5) is 0 Å². The molecule has 108 valence electrons. The molecule has 1 N–H and O–H groups in total. The van der Waals surface area contributed by atoms with Crippen molar-refractivity contribution in [3.63, 3.8) is 0 Å². The van der Waals surface area contributed by atoms with Crippen LogP contribution in [0.3, 0.4) is 0 Å². The van der Waals surface area contributed by atoms with Gasteiger partial charge in [-0.15, -0.1) is 13.2 Å². The first-order chi connectivity index (χ1) is 9.51. The Kier molecular flexibility index (Phi) is 4.31. The fraction of sp³-hybridized carbons (Fsp3) is 0.412. The van der Waals surface area contributed by atoms with E-state index in [2.05, 4.69) is 18.1 Å². The zero-order chi connectivity index (χ0) is 14.8. The molecule has 2 atom stereocenters. The van der Waals surface area contributed by atoms with Crippen LogP contribution < -0.4 is 4.74 Å². The fourth-order valence-corrected chi connectivity index (χ4v) is 2.98. The summed E-state index contributed by atoms with van der Waals surface area (Å²) in [7, 11) is 0. The standard InChI is InChI=1S/C17H23NO2/c1-5-11-18(12-6-2)16-15(19)13-9-7-8-10-14(13)20-17(16,3)4/h5-10,15-16,19H,1-2,11-12H2,3-4H3. The van der Waals surface area contributed by atoms with Crippen LogP contribution in [-0.2, 0) is 0 Å². The maximum absolute atomic E-state index is 10.8. The highest BCUT2D eigenvalue weighted by atomic mass is 16.5. The maximum Gasteiger partial charge on any atom is 0.126 e. The molecule has 1 heterocycles. The largest absolute Gasteiger partial charge is 0.486 e. The molecule has 0 amide bonds. The monoisotopic (exact) mass is 273 g/mol. The van der Waals surface area contributed by atoms with Crippen molar-refractivity contribution in [3.8, 4) is 5.75 Å². The van der Waals surface area contributed by atoms with E-state index in [-0.39, 0.29) is 6.04 Å². The quantitative estimate of drug-likeness (QED) is 0.837. The van der Waals surface area contributed by atoms with Crippen LogP contribution in [0.15, 0.2) is 49.6 Å². The topological polar surface area (TPSA) is 32.7 Å². The minimum Gasteiger partial charge on any atom is -0.486 e. The van der Waals surface area contributed by atoms with Crippen LogP contribution in [0.5, 0.6) is 5.75 Å². The highest BCUT2D eigenvalue weighted by molar-refractivity contribution is 5.39. The third-order valence-electron chi connectivity index (χ3n) is 3.74. The lowest BCUT2D eigenvalue weighted by atomic mass is 9.85. The molecule has 3 heteroatoms. The molecule has 0 spiro atoms. The van der Waals surface area contributed by atoms with E-state index in [0.717, 1.165) is 11.3 Å². The van der Waals surface area contributed by atoms with Gasteiger partial charge < -0.3 is 9.84 Å². The third kappa shape index (κ3) is 2.65. The third-order valence-corrected chi connectivity index (χ3v) is 3.74. The van der Waals surface area contributed by atoms with Crippen molar-refractivity contribution >= 4 is 0 Å². The first-order valence-corrected chi connectivity index (χ1v) is 6.93. The van der Waals surface area contributed by atoms with Crippen LogP contribution in [0.2, 0.25) is 0 Å². The number of ether oxygens (including phenoxy) is 1. The van der Waals surface area contributed by atoms with Crippen molar-refractivity contribution < 1.29 is 9.84 Å². The summed E-state index contributed by atoms with van der Waals surface area (Å²) in [6.07, 6.45) is 3.09. The van der Waals surface area contributed by atoms with Gasteiger partial charge in [0.15, 0.2) is 0 Å². The SMILES string of the molecule is C=CCN(CC=C)C1C(O)c2ccccc2OC1(C)C. The molecule has 0 saturated heterocycles. The zero-order valence-corrected chi connectivity index (χ0v) is 12.2. The van der Waals surface area contributed by atoms with E-state index in [1.54, 1.807) is 0 Å². The summed E-state index contributed by atoms with van der Waals surface area (Å²) >= 11 is 0. The Morgan fingerprint density at radius 3 is 2.45 bits per heavy atom. The smallest absolute Gasteiger partial charge is 0.126 e. The molecule has 0 radical (unpaired) electrons. The number of hydrogen-bond donors (Lipinski definition) is 1. The average Bonchev–Trinajstić information content (AvgIpc) is 2.38. The summed E-state index contributed by atoms with van der Waals surface area (Å²) in [6.45, 7) is 13.0. The van der Waals surface area contributed by atoms with E-state index < -0.39 is 11.7 Å². The lowest BCUT2D eigenvalue weighted by molar-refractivity contribution is -0.0761. The van der Waals surface area contributed by atoms with E-state index in [9.17, 15) is 5.11 Å². The average molecular weight is 273 g/mol. The zero-order valence-electron chi connectivity index (χ0n) is 12.2. The summed E-state index contributed by atoms with van der Waals surface area (Å²) in [5.41, 5.74) is 0.356. The van der Waals surface area contributed by atoms with Crippen molar-refractivity contribution in [2.45, 2.75) is 31.6 Å². The predicted molar refractivity (Wildman–Crippen MR) is 81.9 cm³/mol. The number of rotatable bonds is 5. The van der Waals surface area contributed by atoms with Gasteiger partial charge in [0.2, 0.25) is 0 Å². The molecular weight excluding hydrogens is 250 g/mol. The van der Waals surface area contributed by atoms with E-state index >= 15 is 0 Å². The van der Waals surface area contributed by atoms with E-state index in [1.807, 2.05) is 50.3 Å². The van der Waals surface area contributed by atoms with Gasteiger partial charge in [0, 0.05) is 18.7 Å². The number of aliphatic hydroxyl groups excluding tert-OH is 1. The molecule has 1 aromatic carbocycles. The number of hydrogen-bond acceptors (Lipinski definition) is 3. The van der Waals surface area contributed by atoms with Crippen LogP contribution in [0.25, 0.3) is 0 Å². The van der Waals surface area contributed by atoms with Gasteiger partial charge >= 0.3 is 0 Å². The molecule has 1 aromatic rings. The second kappa shape index (κ2) is 5.81. The second-order valence-electron chi connectivity index (χ2n) is 5.66. The molecule has 0 aromatic heterocycles. The van der Waals surface area contributed by atoms with Gasteiger partial charge in [-0.05, 0) is 19.9 Å². The minimum absolute atomic E-state index is 0.145. The lowest BCUT2D eigenvalue weighted by Crippen LogP contribution is -2.58. The number of nitrogens with zero attached hydrogens (tertiary/aromatic N) is 1. The molecule has 20 heavy (non-hydrogen) atoms. The molecule has 1 aliphatic heterocycles. The van der Waals surface area contributed by atoms with Crippen molar-refractivity contribution in [1.29, 1.82) is 0 Å². The van der Waals surface area contributed by atoms with E-state index in [1.165, 1.54) is 0 Å². The van der Waals surface area contributed by atoms with Gasteiger partial charge in [0.1, 0.15) is 17.5 Å². The molecule has 1 aliphatic rings. The van der Waals surface area contributed by atoms with Gasteiger partial charge in [-0.1, -0.05) is 30.4 Å². The van der Waals surface area contributed by atoms with Crippen molar-refractivity contribution in [3.05, 3.63) is 55.1 Å². The fourth-order valence-electron chi connectivity index (χ4n) is 2.98. The Bertz CT molecular complexity index is 486. The van der Waals surface area contributed by atoms with Crippen molar-refractivity contribution in [2.75, 3.05) is 13.1 Å². The van der Waals surface area contributed by atoms with Gasteiger partial charge in [-0.2, -0.15) is 0 Å². The van der Waals surface area contributed by atoms with Crippen LogP contribution in [-0.4, -0.2) is 34.7 Å². The molecule has 0 saturated carbocycles. The second-order valence-corrected chi connectivity index (χ2v) is 5.66. The highest BCUT2D eigenvalue weighted by Gasteiger charge is 2.45. The van der Waals surface area contributed by atoms with Gasteiger partial charge in [-0.3, -0.25) is 4.90 Å². The Hall–Kier alpha value is -1.58. The Morgan fingerprint density at radius 1 is 1.25 bits per heavy atom. The Balaban J connectivity index is 2.40. The molecule has 0 fully saturated rings. The molecule has 0 aliphatic carbocycles. The highest BCUT2D eigenvalue weighted by Crippen LogP contribution is 2.41. The van der Waals surface area contributed by atoms with Gasteiger partial charge in [0.05, 0.1) is 6.04 Å². The number of benzene rings is 1. The van der Waals surface area contributed by atoms with Crippen LogP contribution in [0.1, 0.15) is 25.5 Å². The molecule has 3 nitrogen and oxygen atoms in total. The van der Waals surface area contributed by atoms with Crippen molar-refractivity contribution in [2.24, 2.45) is 0 Å². The Labute approximate surface area is 121 Å². The Morgan fingerprint density at radius 2 is 1.85 bits per heavy atom. The number of para-hydroxylation sites is 1. The summed E-state index contributed by atoms with van der Waals surface area (Å²) < 4.78 is 6.11. The summed E-state index contributed by atoms with van der Waals surface area (Å²) in [5, 5.41) is 10.8. The molecule has 0 bridgehead atoms. The van der Waals surface area contributed by atoms with Crippen molar-refractivity contribution in [1.82, 2.24) is 4.90 Å². The maximum atomic E-state index is 10.8. The number of fused-ring (bicyclic) bond motifs is 1. The minimum atomic E-state index is -0.588. The van der Waals surface area contributed by atoms with E-state index in [0.29, 0.717) is 13.1 Å². The lowest BCUT2D eigenvalue weighted by Gasteiger charge is -2.47. The summed E-state index contributed by atoms with van der Waals surface area (Å²) in [5.74, 6) is 0.762. The first kappa shape index (κ1) is 14.8. The summed E-state index contributed by atoms with van der Waals surface area (Å²) in [4.78, 5) is 2.14. The predicted octanol–water partition coefficient (Wildman–Crippen LogP) is 2.93. The molecule has 2 unspecified atom stereocenters. The normalized spacial score (nSPS) is 23.8. The molecule has 2 rings (SSSR count). The first-order valence-electron chi connectivity index (χ1n) is 6.93. The van der Waals surface area contributed by atoms with Gasteiger partial charge in [0.25, 0.3) is 0 Å². The summed E-state index contributed by atoms with van der Waals surface area (Å²) in [6, 6.07) is 7.53.